The summed E-state index contributed by atoms with van der Waals surface area (Å²) >= 11 is 0. The van der Waals surface area contributed by atoms with Crippen LogP contribution in [0.5, 0.6) is 17.2 Å². The monoisotopic (exact) mass is 654 g/mol. The van der Waals surface area contributed by atoms with Crippen molar-refractivity contribution in [1.29, 1.82) is 0 Å². The third-order valence-corrected chi connectivity index (χ3v) is 6.70. The third kappa shape index (κ3) is 13.0. The van der Waals surface area contributed by atoms with Crippen molar-refractivity contribution in [3.8, 4) is 29.6 Å². The number of alkyl halides is 3. The van der Waals surface area contributed by atoms with E-state index in [-0.39, 0.29) is 37.3 Å². The van der Waals surface area contributed by atoms with Crippen LogP contribution in [0.15, 0.2) is 71.7 Å². The van der Waals surface area contributed by atoms with E-state index < -0.39 is 18.9 Å². The van der Waals surface area contributed by atoms with Gasteiger partial charge in [0.2, 0.25) is 5.90 Å². The van der Waals surface area contributed by atoms with E-state index in [1.54, 1.807) is 44.2 Å². The van der Waals surface area contributed by atoms with Crippen molar-refractivity contribution in [2.24, 2.45) is 4.99 Å². The first-order valence-electron chi connectivity index (χ1n) is 14.8. The number of carbonyl (C=O) groups is 2. The maximum Gasteiger partial charge on any atom is 0.573 e. The van der Waals surface area contributed by atoms with Crippen LogP contribution in [0.3, 0.4) is 0 Å². The van der Waals surface area contributed by atoms with Gasteiger partial charge in [-0.2, -0.15) is 0 Å². The molecule has 9 nitrogen and oxygen atoms in total. The Balaban J connectivity index is 0.00000192. The molecule has 0 unspecified atom stereocenters. The van der Waals surface area contributed by atoms with Crippen LogP contribution in [0, 0.1) is 19.3 Å². The average Bonchev–Trinajstić information content (AvgIpc) is 3.04. The Labute approximate surface area is 271 Å². The Bertz CT molecular complexity index is 1530. The number of halogens is 3. The Morgan fingerprint density at radius 1 is 0.915 bits per heavy atom. The zero-order valence-corrected chi connectivity index (χ0v) is 26.2. The van der Waals surface area contributed by atoms with Crippen molar-refractivity contribution in [2.45, 2.75) is 52.6 Å². The standard InChI is InChI=1S/C32H33F3N2O7.C3H4/c1-22-17-27(13-14-28(22)42-21-30(38)39)41-20-29(43-19-24-7-11-26(12-8-24)44-32(33,34)35)36-18-23-5-9-25(10-6-23)31(40)37-15-3-2-4-16-37;1-3-2/h5-14,17H,2-4,15-16,18-21H2,1H3,(H,38,39);1H,2H3. The number of hydrogen-bond donors (Lipinski definition) is 1. The SMILES string of the molecule is C#CC.Cc1cc(OCC(=NCc2ccc(C(=O)N3CCCCC3)cc2)OCc2ccc(OC(F)(F)F)cc2)ccc1OCC(=O)O. The van der Waals surface area contributed by atoms with Crippen molar-refractivity contribution < 1.29 is 46.8 Å². The van der Waals surface area contributed by atoms with E-state index in [9.17, 15) is 22.8 Å². The molecule has 0 radical (unpaired) electrons. The number of benzene rings is 3. The van der Waals surface area contributed by atoms with Gasteiger partial charge in [-0.1, -0.05) is 24.3 Å². The zero-order chi connectivity index (χ0) is 34.2. The molecule has 0 spiro atoms. The van der Waals surface area contributed by atoms with E-state index >= 15 is 0 Å². The number of aliphatic carboxylic acids is 1. The topological polar surface area (TPSA) is 107 Å². The maximum atomic E-state index is 12.8. The van der Waals surface area contributed by atoms with Crippen LogP contribution < -0.4 is 14.2 Å². The van der Waals surface area contributed by atoms with Crippen LogP contribution >= 0.6 is 0 Å². The van der Waals surface area contributed by atoms with Gasteiger partial charge in [0.05, 0.1) is 6.54 Å². The molecule has 0 aromatic heterocycles. The molecule has 0 aliphatic carbocycles. The van der Waals surface area contributed by atoms with Crippen molar-refractivity contribution in [3.05, 3.63) is 89.0 Å². The molecular formula is C35H37F3N2O7. The van der Waals surface area contributed by atoms with Crippen molar-refractivity contribution in [2.75, 3.05) is 26.3 Å². The summed E-state index contributed by atoms with van der Waals surface area (Å²) in [6.45, 7) is 4.65. The molecule has 1 saturated heterocycles. The summed E-state index contributed by atoms with van der Waals surface area (Å²) in [6.07, 6.45) is 2.97. The Morgan fingerprint density at radius 3 is 2.13 bits per heavy atom. The number of carboxylic acids is 1. The van der Waals surface area contributed by atoms with E-state index in [4.69, 9.17) is 19.3 Å². The Morgan fingerprint density at radius 2 is 1.53 bits per heavy atom. The van der Waals surface area contributed by atoms with Gasteiger partial charge in [0, 0.05) is 18.7 Å². The fourth-order valence-corrected chi connectivity index (χ4v) is 4.46. The van der Waals surface area contributed by atoms with E-state index in [1.165, 1.54) is 24.3 Å². The number of aryl methyl sites for hydroxylation is 1. The minimum atomic E-state index is -4.78. The van der Waals surface area contributed by atoms with Gasteiger partial charge >= 0.3 is 12.3 Å². The number of amides is 1. The highest BCUT2D eigenvalue weighted by Gasteiger charge is 2.31. The first kappa shape index (κ1) is 36.3. The molecule has 0 atom stereocenters. The van der Waals surface area contributed by atoms with Gasteiger partial charge in [-0.3, -0.25) is 4.79 Å². The summed E-state index contributed by atoms with van der Waals surface area (Å²) < 4.78 is 58.4. The van der Waals surface area contributed by atoms with E-state index in [0.717, 1.165) is 37.9 Å². The summed E-state index contributed by atoms with van der Waals surface area (Å²) in [6, 6.07) is 17.4. The normalized spacial score (nSPS) is 13.0. The van der Waals surface area contributed by atoms with Gasteiger partial charge in [0.1, 0.15) is 23.9 Å². The van der Waals surface area contributed by atoms with Gasteiger partial charge in [0.25, 0.3) is 5.91 Å². The van der Waals surface area contributed by atoms with Gasteiger partial charge in [-0.15, -0.1) is 25.5 Å². The van der Waals surface area contributed by atoms with Crippen molar-refractivity contribution >= 4 is 17.8 Å². The largest absolute Gasteiger partial charge is 0.573 e. The minimum Gasteiger partial charge on any atom is -0.484 e. The molecule has 12 heteroatoms. The molecule has 47 heavy (non-hydrogen) atoms. The molecule has 1 N–H and O–H groups in total. The van der Waals surface area contributed by atoms with Crippen LogP contribution in [-0.2, 0) is 22.7 Å². The lowest BCUT2D eigenvalue weighted by Gasteiger charge is -2.26. The first-order valence-corrected chi connectivity index (χ1v) is 14.8. The molecule has 1 heterocycles. The summed E-state index contributed by atoms with van der Waals surface area (Å²) in [5, 5.41) is 8.84. The second-order valence-corrected chi connectivity index (χ2v) is 10.4. The van der Waals surface area contributed by atoms with Crippen LogP contribution in [0.4, 0.5) is 13.2 Å². The van der Waals surface area contributed by atoms with E-state index in [2.05, 4.69) is 22.1 Å². The summed E-state index contributed by atoms with van der Waals surface area (Å²) in [7, 11) is 0. The molecule has 0 bridgehead atoms. The highest BCUT2D eigenvalue weighted by atomic mass is 19.4. The van der Waals surface area contributed by atoms with Gasteiger partial charge in [0.15, 0.2) is 13.2 Å². The minimum absolute atomic E-state index is 0.0125. The molecule has 3 aromatic carbocycles. The van der Waals surface area contributed by atoms with E-state index in [0.29, 0.717) is 28.2 Å². The fraction of sp³-hybridized carbons (Fsp3) is 0.343. The lowest BCUT2D eigenvalue weighted by atomic mass is 10.1. The predicted molar refractivity (Wildman–Crippen MR) is 170 cm³/mol. The number of rotatable bonds is 12. The zero-order valence-electron chi connectivity index (χ0n) is 26.2. The van der Waals surface area contributed by atoms with E-state index in [1.807, 2.05) is 17.0 Å². The third-order valence-electron chi connectivity index (χ3n) is 6.70. The molecule has 250 valence electrons. The number of piperidine rings is 1. The molecule has 1 aliphatic rings. The van der Waals surface area contributed by atoms with Crippen molar-refractivity contribution in [1.82, 2.24) is 4.90 Å². The average molecular weight is 655 g/mol. The lowest BCUT2D eigenvalue weighted by Crippen LogP contribution is -2.35. The molecule has 0 saturated carbocycles. The number of nitrogens with zero attached hydrogens (tertiary/aromatic N) is 2. The quantitative estimate of drug-likeness (QED) is 0.130. The summed E-state index contributed by atoms with van der Waals surface area (Å²) in [4.78, 5) is 30.0. The van der Waals surface area contributed by atoms with Gasteiger partial charge in [-0.25, -0.2) is 9.79 Å². The number of terminal acetylenes is 1. The highest BCUT2D eigenvalue weighted by Crippen LogP contribution is 2.25. The number of likely N-dealkylation sites (tertiary alicyclic amines) is 1. The molecule has 1 aliphatic heterocycles. The second kappa shape index (κ2) is 18.1. The molecule has 4 rings (SSSR count). The number of carboxylic acid groups (broad SMARTS) is 1. The second-order valence-electron chi connectivity index (χ2n) is 10.4. The summed E-state index contributed by atoms with van der Waals surface area (Å²) in [5.41, 5.74) is 2.71. The Kier molecular flexibility index (Phi) is 14.0. The molecular weight excluding hydrogens is 617 g/mol. The first-order chi connectivity index (χ1) is 22.5. The smallest absolute Gasteiger partial charge is 0.484 e. The van der Waals surface area contributed by atoms with Crippen LogP contribution in [0.2, 0.25) is 0 Å². The maximum absolute atomic E-state index is 12.8. The number of ether oxygens (including phenoxy) is 4. The number of carbonyl (C=O) groups excluding carboxylic acids is 1. The molecule has 1 amide bonds. The lowest BCUT2D eigenvalue weighted by molar-refractivity contribution is -0.274. The summed E-state index contributed by atoms with van der Waals surface area (Å²) in [5.74, 6) is 1.94. The Hall–Kier alpha value is -5.18. The van der Waals surface area contributed by atoms with Crippen molar-refractivity contribution in [3.63, 3.8) is 0 Å². The number of hydrogen-bond acceptors (Lipinski definition) is 7. The number of aliphatic imine (C=N–C) groups is 1. The van der Waals surface area contributed by atoms with Crippen LogP contribution in [0.25, 0.3) is 0 Å². The predicted octanol–water partition coefficient (Wildman–Crippen LogP) is 6.82. The highest BCUT2D eigenvalue weighted by molar-refractivity contribution is 5.94. The molecule has 3 aromatic rings. The van der Waals surface area contributed by atoms with Gasteiger partial charge in [-0.05, 0) is 92.3 Å². The molecule has 1 fully saturated rings. The van der Waals surface area contributed by atoms with Crippen LogP contribution in [-0.4, -0.2) is 60.4 Å². The fourth-order valence-electron chi connectivity index (χ4n) is 4.46. The van der Waals surface area contributed by atoms with Crippen LogP contribution in [0.1, 0.15) is 53.2 Å². The van der Waals surface area contributed by atoms with Gasteiger partial charge < -0.3 is 29.0 Å².